The van der Waals surface area contributed by atoms with E-state index in [-0.39, 0.29) is 12.3 Å². The molecule has 1 amide bonds. The van der Waals surface area contributed by atoms with E-state index < -0.39 is 5.97 Å². The van der Waals surface area contributed by atoms with Gasteiger partial charge in [-0.2, -0.15) is 0 Å². The van der Waals surface area contributed by atoms with Gasteiger partial charge in [0.05, 0.1) is 13.5 Å². The lowest BCUT2D eigenvalue weighted by Gasteiger charge is -2.10. The summed E-state index contributed by atoms with van der Waals surface area (Å²) in [6.45, 7) is 6.02. The number of ether oxygens (including phenoxy) is 1. The van der Waals surface area contributed by atoms with E-state index in [4.69, 9.17) is 16.3 Å². The highest BCUT2D eigenvalue weighted by atomic mass is 35.5. The lowest BCUT2D eigenvalue weighted by molar-refractivity contribution is -0.115. The number of carbonyl (C=O) groups excluding carboxylic acids is 2. The Balaban J connectivity index is 1.96. The van der Waals surface area contributed by atoms with Crippen molar-refractivity contribution in [2.75, 3.05) is 12.4 Å². The fraction of sp³-hybridized carbons (Fsp3) is 0.217. The van der Waals surface area contributed by atoms with Crippen LogP contribution in [0.1, 0.15) is 31.9 Å². The molecule has 0 aliphatic carbocycles. The molecular formula is C23H22ClNO3S. The summed E-state index contributed by atoms with van der Waals surface area (Å²) in [4.78, 5) is 26.1. The highest BCUT2D eigenvalue weighted by Crippen LogP contribution is 2.40. The molecule has 0 saturated heterocycles. The number of carbonyl (C=O) groups is 2. The molecule has 150 valence electrons. The van der Waals surface area contributed by atoms with Crippen molar-refractivity contribution in [2.24, 2.45) is 0 Å². The molecule has 29 heavy (non-hydrogen) atoms. The highest BCUT2D eigenvalue weighted by Gasteiger charge is 2.25. The number of rotatable bonds is 5. The van der Waals surface area contributed by atoms with Crippen molar-refractivity contribution >= 4 is 39.8 Å². The van der Waals surface area contributed by atoms with Crippen LogP contribution < -0.4 is 5.32 Å². The summed E-state index contributed by atoms with van der Waals surface area (Å²) in [5.41, 5.74) is 5.28. The van der Waals surface area contributed by atoms with E-state index in [1.54, 1.807) is 12.1 Å². The van der Waals surface area contributed by atoms with E-state index >= 15 is 0 Å². The van der Waals surface area contributed by atoms with Crippen LogP contribution in [0, 0.1) is 20.8 Å². The van der Waals surface area contributed by atoms with Crippen LogP contribution in [-0.2, 0) is 16.0 Å². The Bertz CT molecular complexity index is 1070. The number of thiophene rings is 1. The van der Waals surface area contributed by atoms with Gasteiger partial charge in [0.1, 0.15) is 10.6 Å². The minimum absolute atomic E-state index is 0.188. The van der Waals surface area contributed by atoms with Gasteiger partial charge in [-0.1, -0.05) is 41.9 Å². The zero-order valence-electron chi connectivity index (χ0n) is 16.8. The predicted octanol–water partition coefficient (Wildman–Crippen LogP) is 5.96. The summed E-state index contributed by atoms with van der Waals surface area (Å²) in [7, 11) is 1.35. The van der Waals surface area contributed by atoms with Crippen molar-refractivity contribution in [3.05, 3.63) is 74.6 Å². The second-order valence-electron chi connectivity index (χ2n) is 6.88. The van der Waals surface area contributed by atoms with Crippen molar-refractivity contribution in [2.45, 2.75) is 27.2 Å². The van der Waals surface area contributed by atoms with Crippen LogP contribution in [0.15, 0.2) is 42.5 Å². The Morgan fingerprint density at radius 3 is 2.34 bits per heavy atom. The van der Waals surface area contributed by atoms with E-state index in [0.717, 1.165) is 27.1 Å². The van der Waals surface area contributed by atoms with Crippen LogP contribution >= 0.6 is 22.9 Å². The largest absolute Gasteiger partial charge is 0.465 e. The normalized spacial score (nSPS) is 10.7. The number of esters is 1. The number of nitrogens with one attached hydrogen (secondary N) is 1. The van der Waals surface area contributed by atoms with Gasteiger partial charge in [-0.3, -0.25) is 4.79 Å². The maximum absolute atomic E-state index is 12.6. The van der Waals surface area contributed by atoms with Crippen LogP contribution in [0.4, 0.5) is 5.00 Å². The van der Waals surface area contributed by atoms with Gasteiger partial charge in [-0.15, -0.1) is 11.3 Å². The number of benzene rings is 2. The van der Waals surface area contributed by atoms with Crippen LogP contribution in [0.5, 0.6) is 0 Å². The number of anilines is 1. The van der Waals surface area contributed by atoms with Gasteiger partial charge in [0.15, 0.2) is 0 Å². The van der Waals surface area contributed by atoms with Crippen molar-refractivity contribution in [3.63, 3.8) is 0 Å². The Labute approximate surface area is 179 Å². The fourth-order valence-corrected chi connectivity index (χ4v) is 4.34. The molecule has 0 saturated carbocycles. The molecule has 1 heterocycles. The maximum atomic E-state index is 12.6. The number of hydrogen-bond acceptors (Lipinski definition) is 4. The van der Waals surface area contributed by atoms with Crippen LogP contribution in [0.3, 0.4) is 0 Å². The molecule has 0 aliphatic heterocycles. The second-order valence-corrected chi connectivity index (χ2v) is 8.54. The molecule has 6 heteroatoms. The first kappa shape index (κ1) is 21.1. The standard InChI is InChI=1S/C23H22ClNO3S/c1-13-5-8-17(11-14(13)2)20-15(3)29-22(21(20)23(27)28-4)25-19(26)12-16-6-9-18(24)10-7-16/h5-11H,12H2,1-4H3,(H,25,26). The topological polar surface area (TPSA) is 55.4 Å². The number of halogens is 1. The summed E-state index contributed by atoms with van der Waals surface area (Å²) in [5.74, 6) is -0.672. The SMILES string of the molecule is COC(=O)c1c(NC(=O)Cc2ccc(Cl)cc2)sc(C)c1-c1ccc(C)c(C)c1. The van der Waals surface area contributed by atoms with Gasteiger partial charge < -0.3 is 10.1 Å². The third kappa shape index (κ3) is 4.69. The van der Waals surface area contributed by atoms with Gasteiger partial charge in [-0.05, 0) is 55.2 Å². The minimum atomic E-state index is -0.468. The molecule has 0 bridgehead atoms. The first-order valence-corrected chi connectivity index (χ1v) is 10.3. The molecule has 0 fully saturated rings. The molecule has 0 aliphatic rings. The second kappa shape index (κ2) is 8.80. The van der Waals surface area contributed by atoms with Gasteiger partial charge in [0.25, 0.3) is 0 Å². The third-order valence-corrected chi connectivity index (χ3v) is 6.07. The monoisotopic (exact) mass is 427 g/mol. The first-order valence-electron chi connectivity index (χ1n) is 9.13. The van der Waals surface area contributed by atoms with Gasteiger partial charge in [0, 0.05) is 15.5 Å². The predicted molar refractivity (Wildman–Crippen MR) is 119 cm³/mol. The average Bonchev–Trinajstić information content (AvgIpc) is 3.00. The summed E-state index contributed by atoms with van der Waals surface area (Å²) < 4.78 is 5.02. The maximum Gasteiger partial charge on any atom is 0.341 e. The molecule has 0 spiro atoms. The molecule has 3 rings (SSSR count). The summed E-state index contributed by atoms with van der Waals surface area (Å²) >= 11 is 7.28. The van der Waals surface area contributed by atoms with E-state index in [1.165, 1.54) is 24.0 Å². The lowest BCUT2D eigenvalue weighted by atomic mass is 9.97. The molecule has 1 N–H and O–H groups in total. The van der Waals surface area contributed by atoms with E-state index in [1.807, 2.05) is 45.0 Å². The summed E-state index contributed by atoms with van der Waals surface area (Å²) in [6, 6.07) is 13.2. The Hall–Kier alpha value is -2.63. The molecule has 3 aromatic rings. The Kier molecular flexibility index (Phi) is 6.40. The number of amides is 1. The number of methoxy groups -OCH3 is 1. The number of hydrogen-bond donors (Lipinski definition) is 1. The van der Waals surface area contributed by atoms with Crippen molar-refractivity contribution < 1.29 is 14.3 Å². The smallest absolute Gasteiger partial charge is 0.341 e. The fourth-order valence-electron chi connectivity index (χ4n) is 3.13. The molecule has 1 aromatic heterocycles. The molecule has 0 atom stereocenters. The van der Waals surface area contributed by atoms with Gasteiger partial charge >= 0.3 is 5.97 Å². The van der Waals surface area contributed by atoms with E-state index in [9.17, 15) is 9.59 Å². The molecular weight excluding hydrogens is 406 g/mol. The average molecular weight is 428 g/mol. The quantitative estimate of drug-likeness (QED) is 0.511. The van der Waals surface area contributed by atoms with Crippen molar-refractivity contribution in [1.29, 1.82) is 0 Å². The van der Waals surface area contributed by atoms with Crippen molar-refractivity contribution in [3.8, 4) is 11.1 Å². The molecule has 0 unspecified atom stereocenters. The first-order chi connectivity index (χ1) is 13.8. The molecule has 2 aromatic carbocycles. The Morgan fingerprint density at radius 2 is 1.72 bits per heavy atom. The highest BCUT2D eigenvalue weighted by molar-refractivity contribution is 7.17. The molecule has 4 nitrogen and oxygen atoms in total. The van der Waals surface area contributed by atoms with Crippen LogP contribution in [-0.4, -0.2) is 19.0 Å². The van der Waals surface area contributed by atoms with Crippen LogP contribution in [0.25, 0.3) is 11.1 Å². The third-order valence-electron chi connectivity index (χ3n) is 4.80. The lowest BCUT2D eigenvalue weighted by Crippen LogP contribution is -2.16. The van der Waals surface area contributed by atoms with Crippen molar-refractivity contribution in [1.82, 2.24) is 0 Å². The Morgan fingerprint density at radius 1 is 1.03 bits per heavy atom. The van der Waals surface area contributed by atoms with Crippen LogP contribution in [0.2, 0.25) is 5.02 Å². The summed E-state index contributed by atoms with van der Waals surface area (Å²) in [5, 5.41) is 4.01. The minimum Gasteiger partial charge on any atom is -0.465 e. The summed E-state index contributed by atoms with van der Waals surface area (Å²) in [6.07, 6.45) is 0.188. The zero-order chi connectivity index (χ0) is 21.1. The van der Waals surface area contributed by atoms with E-state index in [0.29, 0.717) is 15.6 Å². The van der Waals surface area contributed by atoms with Gasteiger partial charge in [-0.25, -0.2) is 4.79 Å². The number of aryl methyl sites for hydroxylation is 3. The van der Waals surface area contributed by atoms with Gasteiger partial charge in [0.2, 0.25) is 5.91 Å². The van der Waals surface area contributed by atoms with E-state index in [2.05, 4.69) is 11.4 Å². The zero-order valence-corrected chi connectivity index (χ0v) is 18.3. The molecule has 0 radical (unpaired) electrons.